The van der Waals surface area contributed by atoms with Crippen molar-refractivity contribution in [2.45, 2.75) is 33.5 Å². The molecule has 6 nitrogen and oxygen atoms in total. The first-order chi connectivity index (χ1) is 12.5. The summed E-state index contributed by atoms with van der Waals surface area (Å²) in [6.07, 6.45) is 0. The Labute approximate surface area is 150 Å². The average molecular weight is 351 g/mol. The Morgan fingerprint density at radius 3 is 2.27 bits per heavy atom. The van der Waals surface area contributed by atoms with E-state index in [2.05, 4.69) is 5.32 Å². The third kappa shape index (κ3) is 3.44. The van der Waals surface area contributed by atoms with Crippen LogP contribution in [0.3, 0.4) is 0 Å². The Hall–Kier alpha value is -3.15. The van der Waals surface area contributed by atoms with E-state index < -0.39 is 11.1 Å². The molecule has 1 heterocycles. The van der Waals surface area contributed by atoms with Crippen LogP contribution < -0.4 is 16.4 Å². The standard InChI is InChI=1S/C20H21N3O3/c1-3-22-16-9-4-5-10-17(16)23(20(26)19(22)25)13-18(24)21-12-15-8-6-7-14(2)11-15/h4-11H,3,12-13H2,1-2H3,(H,21,24). The second kappa shape index (κ2) is 7.39. The number of fused-ring (bicyclic) bond motifs is 1. The lowest BCUT2D eigenvalue weighted by atomic mass is 10.1. The number of aromatic nitrogens is 2. The summed E-state index contributed by atoms with van der Waals surface area (Å²) in [5.74, 6) is -0.313. The summed E-state index contributed by atoms with van der Waals surface area (Å²) in [4.78, 5) is 37.1. The average Bonchev–Trinajstić information content (AvgIpc) is 2.64. The van der Waals surface area contributed by atoms with E-state index in [-0.39, 0.29) is 12.5 Å². The number of carbonyl (C=O) groups is 1. The van der Waals surface area contributed by atoms with Crippen LogP contribution in [-0.4, -0.2) is 15.0 Å². The van der Waals surface area contributed by atoms with E-state index in [4.69, 9.17) is 0 Å². The topological polar surface area (TPSA) is 73.1 Å². The van der Waals surface area contributed by atoms with Gasteiger partial charge in [-0.1, -0.05) is 42.0 Å². The second-order valence-corrected chi connectivity index (χ2v) is 6.20. The first kappa shape index (κ1) is 17.7. The van der Waals surface area contributed by atoms with Crippen LogP contribution >= 0.6 is 0 Å². The van der Waals surface area contributed by atoms with Gasteiger partial charge in [0.25, 0.3) is 0 Å². The van der Waals surface area contributed by atoms with E-state index in [9.17, 15) is 14.4 Å². The van der Waals surface area contributed by atoms with Crippen molar-refractivity contribution in [1.82, 2.24) is 14.5 Å². The number of aryl methyl sites for hydroxylation is 2. The summed E-state index contributed by atoms with van der Waals surface area (Å²) in [7, 11) is 0. The van der Waals surface area contributed by atoms with Crippen molar-refractivity contribution in [3.05, 3.63) is 80.4 Å². The lowest BCUT2D eigenvalue weighted by Crippen LogP contribution is -2.43. The van der Waals surface area contributed by atoms with Crippen LogP contribution in [-0.2, 0) is 24.4 Å². The van der Waals surface area contributed by atoms with Crippen molar-refractivity contribution >= 4 is 16.9 Å². The minimum atomic E-state index is -0.684. The van der Waals surface area contributed by atoms with E-state index in [1.807, 2.05) is 38.1 Å². The van der Waals surface area contributed by atoms with Crippen LogP contribution in [0.2, 0.25) is 0 Å². The fourth-order valence-electron chi connectivity index (χ4n) is 3.06. The summed E-state index contributed by atoms with van der Waals surface area (Å²) < 4.78 is 2.67. The molecule has 134 valence electrons. The number of amides is 1. The molecule has 0 aliphatic heterocycles. The van der Waals surface area contributed by atoms with E-state index >= 15 is 0 Å². The normalized spacial score (nSPS) is 10.8. The number of benzene rings is 2. The van der Waals surface area contributed by atoms with Gasteiger partial charge < -0.3 is 9.88 Å². The van der Waals surface area contributed by atoms with Crippen molar-refractivity contribution in [1.29, 1.82) is 0 Å². The lowest BCUT2D eigenvalue weighted by molar-refractivity contribution is -0.121. The maximum Gasteiger partial charge on any atom is 0.317 e. The minimum absolute atomic E-state index is 0.190. The van der Waals surface area contributed by atoms with Crippen LogP contribution in [0.25, 0.3) is 11.0 Å². The number of carbonyl (C=O) groups excluding carboxylic acids is 1. The van der Waals surface area contributed by atoms with Gasteiger partial charge in [-0.2, -0.15) is 0 Å². The third-order valence-corrected chi connectivity index (χ3v) is 4.33. The predicted molar refractivity (Wildman–Crippen MR) is 101 cm³/mol. The Balaban J connectivity index is 1.89. The fourth-order valence-corrected chi connectivity index (χ4v) is 3.06. The molecular formula is C20H21N3O3. The number of nitrogens with one attached hydrogen (secondary N) is 1. The lowest BCUT2D eigenvalue weighted by Gasteiger charge is -2.14. The largest absolute Gasteiger partial charge is 0.350 e. The van der Waals surface area contributed by atoms with Crippen LogP contribution in [0.4, 0.5) is 0 Å². The van der Waals surface area contributed by atoms with Crippen molar-refractivity contribution in [2.75, 3.05) is 0 Å². The number of nitrogens with zero attached hydrogens (tertiary/aromatic N) is 2. The minimum Gasteiger partial charge on any atom is -0.350 e. The maximum absolute atomic E-state index is 12.5. The van der Waals surface area contributed by atoms with Gasteiger partial charge in [-0.05, 0) is 31.5 Å². The zero-order valence-corrected chi connectivity index (χ0v) is 14.9. The molecule has 1 amide bonds. The summed E-state index contributed by atoms with van der Waals surface area (Å²) in [6, 6.07) is 14.9. The van der Waals surface area contributed by atoms with Gasteiger partial charge in [-0.15, -0.1) is 0 Å². The van der Waals surface area contributed by atoms with Gasteiger partial charge in [0.15, 0.2) is 0 Å². The van der Waals surface area contributed by atoms with Gasteiger partial charge in [-0.25, -0.2) is 0 Å². The summed E-state index contributed by atoms with van der Waals surface area (Å²) in [6.45, 7) is 4.38. The molecule has 0 spiro atoms. The highest BCUT2D eigenvalue weighted by atomic mass is 16.2. The molecule has 6 heteroatoms. The third-order valence-electron chi connectivity index (χ3n) is 4.33. The molecule has 0 aliphatic carbocycles. The Bertz CT molecular complexity index is 1080. The Morgan fingerprint density at radius 1 is 0.962 bits per heavy atom. The highest BCUT2D eigenvalue weighted by Crippen LogP contribution is 2.10. The number of hydrogen-bond acceptors (Lipinski definition) is 3. The molecule has 0 radical (unpaired) electrons. The van der Waals surface area contributed by atoms with Crippen molar-refractivity contribution in [3.8, 4) is 0 Å². The molecule has 0 fully saturated rings. The number of para-hydroxylation sites is 2. The number of rotatable bonds is 5. The molecule has 0 saturated carbocycles. The van der Waals surface area contributed by atoms with Gasteiger partial charge in [-0.3, -0.25) is 19.0 Å². The van der Waals surface area contributed by atoms with E-state index in [0.29, 0.717) is 24.1 Å². The quantitative estimate of drug-likeness (QED) is 0.713. The summed E-state index contributed by atoms with van der Waals surface area (Å²) in [5, 5.41) is 2.81. The highest BCUT2D eigenvalue weighted by molar-refractivity contribution is 5.80. The second-order valence-electron chi connectivity index (χ2n) is 6.20. The Kier molecular flexibility index (Phi) is 5.02. The molecule has 3 rings (SSSR count). The van der Waals surface area contributed by atoms with Crippen molar-refractivity contribution in [3.63, 3.8) is 0 Å². The molecule has 1 N–H and O–H groups in total. The van der Waals surface area contributed by atoms with Gasteiger partial charge in [0.05, 0.1) is 11.0 Å². The molecule has 26 heavy (non-hydrogen) atoms. The first-order valence-electron chi connectivity index (χ1n) is 8.56. The number of hydrogen-bond donors (Lipinski definition) is 1. The molecule has 0 bridgehead atoms. The first-order valence-corrected chi connectivity index (χ1v) is 8.56. The van der Waals surface area contributed by atoms with E-state index in [0.717, 1.165) is 11.1 Å². The molecule has 1 aromatic heterocycles. The zero-order valence-electron chi connectivity index (χ0n) is 14.9. The molecular weight excluding hydrogens is 330 g/mol. The monoisotopic (exact) mass is 351 g/mol. The molecule has 0 aliphatic rings. The van der Waals surface area contributed by atoms with Crippen molar-refractivity contribution < 1.29 is 4.79 Å². The SMILES string of the molecule is CCn1c(=O)c(=O)n(CC(=O)NCc2cccc(C)c2)c2ccccc21. The molecule has 2 aromatic carbocycles. The zero-order chi connectivity index (χ0) is 18.7. The summed E-state index contributed by atoms with van der Waals surface area (Å²) in [5.41, 5.74) is 2.02. The summed E-state index contributed by atoms with van der Waals surface area (Å²) >= 11 is 0. The molecule has 3 aromatic rings. The van der Waals surface area contributed by atoms with Crippen molar-refractivity contribution in [2.24, 2.45) is 0 Å². The van der Waals surface area contributed by atoms with Gasteiger partial charge >= 0.3 is 11.1 Å². The molecule has 0 saturated heterocycles. The van der Waals surface area contributed by atoms with Gasteiger partial charge in [0.2, 0.25) is 5.91 Å². The van der Waals surface area contributed by atoms with Crippen LogP contribution in [0.15, 0.2) is 58.1 Å². The fraction of sp³-hybridized carbons (Fsp3) is 0.250. The van der Waals surface area contributed by atoms with Gasteiger partial charge in [0.1, 0.15) is 6.54 Å². The Morgan fingerprint density at radius 2 is 1.62 bits per heavy atom. The molecule has 0 unspecified atom stereocenters. The van der Waals surface area contributed by atoms with E-state index in [1.165, 1.54) is 9.13 Å². The maximum atomic E-state index is 12.5. The smallest absolute Gasteiger partial charge is 0.317 e. The van der Waals surface area contributed by atoms with Crippen LogP contribution in [0.1, 0.15) is 18.1 Å². The highest BCUT2D eigenvalue weighted by Gasteiger charge is 2.14. The van der Waals surface area contributed by atoms with Crippen LogP contribution in [0, 0.1) is 6.92 Å². The van der Waals surface area contributed by atoms with E-state index in [1.54, 1.807) is 24.3 Å². The predicted octanol–water partition coefficient (Wildman–Crippen LogP) is 1.81. The van der Waals surface area contributed by atoms with Crippen LogP contribution in [0.5, 0.6) is 0 Å². The van der Waals surface area contributed by atoms with Gasteiger partial charge in [0, 0.05) is 13.1 Å². The molecule has 0 atom stereocenters.